The van der Waals surface area contributed by atoms with Gasteiger partial charge in [-0.25, -0.2) is 4.99 Å². The van der Waals surface area contributed by atoms with Gasteiger partial charge < -0.3 is 11.5 Å². The van der Waals surface area contributed by atoms with E-state index in [9.17, 15) is 4.79 Å². The van der Waals surface area contributed by atoms with Crippen LogP contribution in [-0.4, -0.2) is 23.0 Å². The zero-order chi connectivity index (χ0) is 19.7. The molecule has 0 saturated heterocycles. The Bertz CT molecular complexity index is 1150. The summed E-state index contributed by atoms with van der Waals surface area (Å²) in [7, 11) is 0. The van der Waals surface area contributed by atoms with Crippen LogP contribution in [0.4, 0.5) is 5.69 Å². The summed E-state index contributed by atoms with van der Waals surface area (Å²) >= 11 is 0. The summed E-state index contributed by atoms with van der Waals surface area (Å²) in [5.41, 5.74) is 17.5. The summed E-state index contributed by atoms with van der Waals surface area (Å²) in [4.78, 5) is 20.7. The number of fused-ring (bicyclic) bond motifs is 3. The number of hydrogen-bond acceptors (Lipinski definition) is 4. The Morgan fingerprint density at radius 2 is 2.14 bits per heavy atom. The summed E-state index contributed by atoms with van der Waals surface area (Å²) in [6.45, 7) is 1.95. The van der Waals surface area contributed by atoms with Gasteiger partial charge in [0.15, 0.2) is 12.3 Å². The van der Waals surface area contributed by atoms with Crippen molar-refractivity contribution in [2.24, 2.45) is 10.7 Å². The van der Waals surface area contributed by atoms with Crippen LogP contribution in [0.2, 0.25) is 0 Å². The average Bonchev–Trinajstić information content (AvgIpc) is 2.70. The Hall–Kier alpha value is -3.67. The van der Waals surface area contributed by atoms with Crippen LogP contribution in [0.1, 0.15) is 23.2 Å². The average molecular weight is 372 g/mol. The third-order valence-corrected chi connectivity index (χ3v) is 5.02. The highest BCUT2D eigenvalue weighted by Crippen LogP contribution is 2.30. The number of anilines is 1. The second kappa shape index (κ2) is 7.15. The van der Waals surface area contributed by atoms with E-state index in [0.29, 0.717) is 5.69 Å². The molecule has 2 aliphatic rings. The quantitative estimate of drug-likeness (QED) is 0.549. The van der Waals surface area contributed by atoms with E-state index in [0.717, 1.165) is 40.2 Å². The second-order valence-corrected chi connectivity index (χ2v) is 6.84. The SMILES string of the molecule is Cc1ccc(-n2c3c(ccc2=O)C=[NH+]C2CC=C(N=CC=CN)C=C32)cc1N. The van der Waals surface area contributed by atoms with Crippen LogP contribution in [-0.2, 0) is 0 Å². The van der Waals surface area contributed by atoms with Crippen molar-refractivity contribution in [3.05, 3.63) is 87.6 Å². The zero-order valence-corrected chi connectivity index (χ0v) is 15.6. The minimum absolute atomic E-state index is 0.0901. The van der Waals surface area contributed by atoms with Crippen LogP contribution in [0.3, 0.4) is 0 Å². The van der Waals surface area contributed by atoms with Crippen molar-refractivity contribution in [1.82, 2.24) is 4.57 Å². The van der Waals surface area contributed by atoms with Crippen LogP contribution in [0, 0.1) is 6.92 Å². The lowest BCUT2D eigenvalue weighted by Crippen LogP contribution is -2.78. The third-order valence-electron chi connectivity index (χ3n) is 5.02. The molecule has 1 atom stereocenters. The van der Waals surface area contributed by atoms with Crippen molar-refractivity contribution < 1.29 is 4.99 Å². The minimum atomic E-state index is -0.0948. The number of nitrogens with zero attached hydrogens (tertiary/aromatic N) is 2. The molecule has 6 nitrogen and oxygen atoms in total. The summed E-state index contributed by atoms with van der Waals surface area (Å²) in [5, 5.41) is 0. The minimum Gasteiger partial charge on any atom is -0.405 e. The van der Waals surface area contributed by atoms with E-state index in [2.05, 4.69) is 16.1 Å². The number of nitrogens with one attached hydrogen (secondary N) is 1. The molecule has 1 aromatic heterocycles. The molecule has 2 heterocycles. The van der Waals surface area contributed by atoms with E-state index in [-0.39, 0.29) is 11.6 Å². The molecule has 0 radical (unpaired) electrons. The fraction of sp³-hybridized carbons (Fsp3) is 0.136. The number of allylic oxidation sites excluding steroid dienone is 2. The molecular weight excluding hydrogens is 350 g/mol. The van der Waals surface area contributed by atoms with Gasteiger partial charge in [-0.05, 0) is 49.0 Å². The van der Waals surface area contributed by atoms with Crippen LogP contribution >= 0.6 is 0 Å². The third kappa shape index (κ3) is 3.09. The van der Waals surface area contributed by atoms with Crippen molar-refractivity contribution in [3.63, 3.8) is 0 Å². The molecule has 1 unspecified atom stereocenters. The fourth-order valence-electron chi connectivity index (χ4n) is 3.52. The van der Waals surface area contributed by atoms with Gasteiger partial charge in [-0.15, -0.1) is 0 Å². The standard InChI is InChI=1S/C22H21N5O/c1-14-3-6-17(12-19(14)24)27-21(28)8-4-15-13-26-20-7-5-16(25-10-2-9-23)11-18(20)22(15)27/h2-6,8-13,20H,7,23-24H2,1H3/p+1. The predicted molar refractivity (Wildman–Crippen MR) is 114 cm³/mol. The largest absolute Gasteiger partial charge is 0.405 e. The van der Waals surface area contributed by atoms with Crippen molar-refractivity contribution in [2.45, 2.75) is 19.4 Å². The van der Waals surface area contributed by atoms with Crippen LogP contribution in [0.15, 0.2) is 70.2 Å². The Morgan fingerprint density at radius 3 is 2.93 bits per heavy atom. The molecule has 2 aromatic rings. The van der Waals surface area contributed by atoms with Crippen molar-refractivity contribution in [1.29, 1.82) is 0 Å². The maximum absolute atomic E-state index is 12.8. The number of rotatable bonds is 3. The first-order chi connectivity index (χ1) is 13.6. The van der Waals surface area contributed by atoms with Crippen molar-refractivity contribution in [3.8, 4) is 5.69 Å². The maximum Gasteiger partial charge on any atom is 0.255 e. The van der Waals surface area contributed by atoms with Gasteiger partial charge in [-0.1, -0.05) is 12.1 Å². The zero-order valence-electron chi connectivity index (χ0n) is 15.6. The molecule has 0 bridgehead atoms. The van der Waals surface area contributed by atoms with Gasteiger partial charge in [0.1, 0.15) is 0 Å². The highest BCUT2D eigenvalue weighted by Gasteiger charge is 2.31. The predicted octanol–water partition coefficient (Wildman–Crippen LogP) is 0.824. The monoisotopic (exact) mass is 372 g/mol. The lowest BCUT2D eigenvalue weighted by molar-refractivity contribution is -0.480. The molecule has 5 N–H and O–H groups in total. The van der Waals surface area contributed by atoms with Crippen LogP contribution in [0.5, 0.6) is 0 Å². The van der Waals surface area contributed by atoms with Gasteiger partial charge in [-0.2, -0.15) is 0 Å². The number of nitrogen functional groups attached to an aromatic ring is 1. The molecular formula is C22H22N5O+. The van der Waals surface area contributed by atoms with E-state index >= 15 is 0 Å². The summed E-state index contributed by atoms with van der Waals surface area (Å²) < 4.78 is 1.73. The van der Waals surface area contributed by atoms with Gasteiger partial charge in [0.2, 0.25) is 0 Å². The molecule has 0 fully saturated rings. The first-order valence-corrected chi connectivity index (χ1v) is 9.13. The normalized spacial score (nSPS) is 18.1. The molecule has 1 aromatic carbocycles. The number of hydrogen-bond donors (Lipinski definition) is 3. The molecule has 140 valence electrons. The molecule has 6 heteroatoms. The van der Waals surface area contributed by atoms with Crippen LogP contribution in [0.25, 0.3) is 11.3 Å². The highest BCUT2D eigenvalue weighted by molar-refractivity contribution is 5.89. The highest BCUT2D eigenvalue weighted by atomic mass is 16.1. The maximum atomic E-state index is 12.8. The second-order valence-electron chi connectivity index (χ2n) is 6.84. The number of aliphatic imine (C=N–C) groups is 1. The van der Waals surface area contributed by atoms with E-state index in [1.54, 1.807) is 22.9 Å². The molecule has 1 aliphatic heterocycles. The molecule has 0 amide bonds. The first kappa shape index (κ1) is 17.7. The van der Waals surface area contributed by atoms with E-state index in [1.165, 1.54) is 6.20 Å². The summed E-state index contributed by atoms with van der Waals surface area (Å²) in [6.07, 6.45) is 11.6. The number of pyridine rings is 1. The topological polar surface area (TPSA) is 100 Å². The van der Waals surface area contributed by atoms with E-state index in [1.807, 2.05) is 43.5 Å². The van der Waals surface area contributed by atoms with Crippen LogP contribution < -0.4 is 22.0 Å². The number of nitrogens with two attached hydrogens (primary N) is 2. The Balaban J connectivity index is 1.91. The summed E-state index contributed by atoms with van der Waals surface area (Å²) in [5.74, 6) is 0. The molecule has 4 rings (SSSR count). The number of benzene rings is 1. The number of aromatic nitrogens is 1. The smallest absolute Gasteiger partial charge is 0.255 e. The van der Waals surface area contributed by atoms with Gasteiger partial charge in [0, 0.05) is 30.0 Å². The molecule has 0 saturated carbocycles. The van der Waals surface area contributed by atoms with Gasteiger partial charge in [0.25, 0.3) is 5.56 Å². The van der Waals surface area contributed by atoms with Gasteiger partial charge in [-0.3, -0.25) is 14.4 Å². The fourth-order valence-corrected chi connectivity index (χ4v) is 3.52. The Morgan fingerprint density at radius 1 is 1.29 bits per heavy atom. The van der Waals surface area contributed by atoms with Gasteiger partial charge >= 0.3 is 0 Å². The Kier molecular flexibility index (Phi) is 4.53. The lowest BCUT2D eigenvalue weighted by Gasteiger charge is -2.24. The number of aryl methyl sites for hydroxylation is 1. The molecule has 1 aliphatic carbocycles. The molecule has 0 spiro atoms. The lowest BCUT2D eigenvalue weighted by atomic mass is 9.90. The van der Waals surface area contributed by atoms with Crippen molar-refractivity contribution in [2.75, 3.05) is 5.73 Å². The van der Waals surface area contributed by atoms with E-state index < -0.39 is 0 Å². The molecule has 28 heavy (non-hydrogen) atoms. The Labute approximate surface area is 162 Å². The van der Waals surface area contributed by atoms with Crippen molar-refractivity contribution >= 4 is 23.7 Å². The summed E-state index contributed by atoms with van der Waals surface area (Å²) in [6, 6.07) is 9.22. The first-order valence-electron chi connectivity index (χ1n) is 9.13. The van der Waals surface area contributed by atoms with E-state index in [4.69, 9.17) is 11.5 Å². The van der Waals surface area contributed by atoms with Gasteiger partial charge in [0.05, 0.1) is 22.6 Å².